The maximum Gasteiger partial charge on any atom is 0.414 e. The molecule has 264 valence electrons. The highest BCUT2D eigenvalue weighted by atomic mass is 16.6. The van der Waals surface area contributed by atoms with E-state index in [1.807, 2.05) is 19.9 Å². The highest BCUT2D eigenvalue weighted by molar-refractivity contribution is 5.96. The average Bonchev–Trinajstić information content (AvgIpc) is 3.78. The molecule has 5 rings (SSSR count). The van der Waals surface area contributed by atoms with E-state index in [-0.39, 0.29) is 43.5 Å². The third kappa shape index (κ3) is 6.83. The van der Waals surface area contributed by atoms with Gasteiger partial charge in [-0.15, -0.1) is 0 Å². The maximum absolute atomic E-state index is 13.4. The minimum atomic E-state index is -1.30. The first-order valence-corrected chi connectivity index (χ1v) is 16.9. The molecule has 1 saturated heterocycles. The Hall–Kier alpha value is -3.88. The number of likely N-dealkylation sites (tertiary alicyclic amines) is 1. The largest absolute Gasteiger partial charge is 0.504 e. The Morgan fingerprint density at radius 1 is 1.23 bits per heavy atom. The van der Waals surface area contributed by atoms with E-state index < -0.39 is 53.5 Å². The zero-order valence-corrected chi connectivity index (χ0v) is 28.0. The summed E-state index contributed by atoms with van der Waals surface area (Å²) in [7, 11) is 1.52. The second-order valence-corrected chi connectivity index (χ2v) is 13.7. The van der Waals surface area contributed by atoms with Crippen LogP contribution in [0.25, 0.3) is 0 Å². The number of benzene rings is 1. The molecule has 2 heterocycles. The molecule has 0 radical (unpaired) electrons. The summed E-state index contributed by atoms with van der Waals surface area (Å²) in [6, 6.07) is 2.24. The van der Waals surface area contributed by atoms with Crippen LogP contribution < -0.4 is 21.1 Å². The molecule has 1 spiro atoms. The number of carboxylic acid groups (broad SMARTS) is 1. The van der Waals surface area contributed by atoms with Gasteiger partial charge in [-0.2, -0.15) is 0 Å². The van der Waals surface area contributed by atoms with E-state index >= 15 is 0 Å². The Balaban J connectivity index is 1.27. The molecule has 14 heteroatoms. The van der Waals surface area contributed by atoms with Gasteiger partial charge in [0.05, 0.1) is 11.0 Å². The van der Waals surface area contributed by atoms with E-state index in [0.717, 1.165) is 24.2 Å². The quantitative estimate of drug-likeness (QED) is 0.124. The lowest BCUT2D eigenvalue weighted by Gasteiger charge is -2.59. The zero-order chi connectivity index (χ0) is 34.8. The van der Waals surface area contributed by atoms with Gasteiger partial charge in [0.2, 0.25) is 11.8 Å². The Labute approximate surface area is 280 Å². The number of hydrogen-bond acceptors (Lipinski definition) is 10. The monoisotopic (exact) mass is 671 g/mol. The molecule has 2 aliphatic carbocycles. The molecule has 14 nitrogen and oxygen atoms in total. The van der Waals surface area contributed by atoms with E-state index in [1.165, 1.54) is 24.8 Å². The minimum Gasteiger partial charge on any atom is -0.504 e. The second kappa shape index (κ2) is 14.3. The lowest BCUT2D eigenvalue weighted by atomic mass is 9.54. The number of hydrogen-bond donors (Lipinski definition) is 6. The predicted molar refractivity (Wildman–Crippen MR) is 174 cm³/mol. The van der Waals surface area contributed by atoms with Gasteiger partial charge in [-0.1, -0.05) is 6.07 Å². The molecule has 5 atom stereocenters. The molecule has 0 bridgehead atoms. The summed E-state index contributed by atoms with van der Waals surface area (Å²) in [6.45, 7) is 6.16. The molecule has 1 saturated carbocycles. The first-order valence-electron chi connectivity index (χ1n) is 16.9. The SMILES string of the molecule is Cc1ccc(O)c2c1[C@]13CCN(CC4CC4)C(C)[C@]1(O)CC=C(OC(=O)N(C)CCNC(=O)[C@@H](CCCCN)NC(=O)CC(=O)O)[C@@H]3O2. The van der Waals surface area contributed by atoms with Crippen LogP contribution in [0.2, 0.25) is 0 Å². The fourth-order valence-electron chi connectivity index (χ4n) is 7.68. The normalized spacial score (nSPS) is 26.6. The lowest BCUT2D eigenvalue weighted by molar-refractivity contribution is -0.158. The minimum absolute atomic E-state index is 0.0335. The van der Waals surface area contributed by atoms with Gasteiger partial charge < -0.3 is 46.1 Å². The van der Waals surface area contributed by atoms with Crippen molar-refractivity contribution in [3.05, 3.63) is 35.1 Å². The lowest BCUT2D eigenvalue weighted by Crippen LogP contribution is -2.72. The van der Waals surface area contributed by atoms with Crippen molar-refractivity contribution >= 4 is 23.9 Å². The summed E-state index contributed by atoms with van der Waals surface area (Å²) in [6.07, 6.45) is 4.08. The standard InChI is InChI=1S/C34H49N5O9/c1-20-7-10-24(40)29-28(20)33-13-16-39(19-22-8-9-22)21(2)34(33,46)12-11-25(30(33)48-29)47-32(45)38(3)17-15-36-31(44)23(6-4-5-14-35)37-26(41)18-27(42)43/h7,10-11,21-23,30,40,46H,4-6,8-9,12-19,35H2,1-3H3,(H,36,44)(H,37,41)(H,42,43)/t21?,23-,30+,33+,34-/m1/s1. The fraction of sp³-hybridized carbons (Fsp3) is 0.647. The average molecular weight is 672 g/mol. The van der Waals surface area contributed by atoms with Gasteiger partial charge in [-0.25, -0.2) is 4.79 Å². The van der Waals surface area contributed by atoms with Crippen LogP contribution in [0.3, 0.4) is 0 Å². The van der Waals surface area contributed by atoms with Crippen LogP contribution in [0, 0.1) is 12.8 Å². The Morgan fingerprint density at radius 2 is 1.98 bits per heavy atom. The van der Waals surface area contributed by atoms with E-state index in [1.54, 1.807) is 12.1 Å². The number of phenols is 1. The van der Waals surface area contributed by atoms with Gasteiger partial charge in [-0.05, 0) is 89.1 Å². The maximum atomic E-state index is 13.4. The number of carbonyl (C=O) groups excluding carboxylic acids is 3. The van der Waals surface area contributed by atoms with Crippen LogP contribution in [0.4, 0.5) is 4.79 Å². The summed E-state index contributed by atoms with van der Waals surface area (Å²) in [5, 5.41) is 37.5. The zero-order valence-electron chi connectivity index (χ0n) is 28.0. The van der Waals surface area contributed by atoms with Crippen molar-refractivity contribution < 1.29 is 44.0 Å². The summed E-state index contributed by atoms with van der Waals surface area (Å²) in [4.78, 5) is 52.8. The molecule has 0 aromatic heterocycles. The van der Waals surface area contributed by atoms with Gasteiger partial charge in [0, 0.05) is 44.7 Å². The molecular formula is C34H49N5O9. The second-order valence-electron chi connectivity index (χ2n) is 13.7. The van der Waals surface area contributed by atoms with Crippen molar-refractivity contribution in [1.29, 1.82) is 0 Å². The van der Waals surface area contributed by atoms with Crippen LogP contribution in [0.15, 0.2) is 24.0 Å². The molecule has 1 aromatic carbocycles. The van der Waals surface area contributed by atoms with Gasteiger partial charge >= 0.3 is 12.1 Å². The van der Waals surface area contributed by atoms with E-state index in [2.05, 4.69) is 15.5 Å². The number of amides is 3. The Kier molecular flexibility index (Phi) is 10.6. The highest BCUT2D eigenvalue weighted by Gasteiger charge is 2.69. The van der Waals surface area contributed by atoms with Crippen molar-refractivity contribution in [2.24, 2.45) is 11.7 Å². The molecule has 48 heavy (non-hydrogen) atoms. The highest BCUT2D eigenvalue weighted by Crippen LogP contribution is 2.62. The van der Waals surface area contributed by atoms with Crippen LogP contribution in [0.1, 0.15) is 69.4 Å². The number of aryl methyl sites for hydroxylation is 1. The number of carboxylic acids is 1. The van der Waals surface area contributed by atoms with Gasteiger partial charge in [-0.3, -0.25) is 19.3 Å². The van der Waals surface area contributed by atoms with E-state index in [0.29, 0.717) is 37.5 Å². The molecule has 2 fully saturated rings. The van der Waals surface area contributed by atoms with Crippen molar-refractivity contribution in [3.63, 3.8) is 0 Å². The van der Waals surface area contributed by atoms with Gasteiger partial charge in [0.1, 0.15) is 18.2 Å². The number of aromatic hydroxyl groups is 1. The first-order chi connectivity index (χ1) is 22.8. The van der Waals surface area contributed by atoms with Gasteiger partial charge in [0.15, 0.2) is 17.6 Å². The van der Waals surface area contributed by atoms with Crippen LogP contribution in [0.5, 0.6) is 11.5 Å². The molecule has 1 aromatic rings. The fourth-order valence-corrected chi connectivity index (χ4v) is 7.68. The number of fused-ring (bicyclic) bond motifs is 1. The molecule has 7 N–H and O–H groups in total. The summed E-state index contributed by atoms with van der Waals surface area (Å²) in [5.41, 5.74) is 4.98. The van der Waals surface area contributed by atoms with Gasteiger partial charge in [0.25, 0.3) is 0 Å². The Morgan fingerprint density at radius 3 is 2.67 bits per heavy atom. The topological polar surface area (TPSA) is 204 Å². The van der Waals surface area contributed by atoms with Crippen molar-refractivity contribution in [1.82, 2.24) is 20.4 Å². The first kappa shape index (κ1) is 35.4. The number of nitrogens with zero attached hydrogens (tertiary/aromatic N) is 2. The van der Waals surface area contributed by atoms with Crippen LogP contribution in [-0.2, 0) is 24.5 Å². The summed E-state index contributed by atoms with van der Waals surface area (Å²) < 4.78 is 12.4. The summed E-state index contributed by atoms with van der Waals surface area (Å²) in [5.74, 6) is -1.40. The van der Waals surface area contributed by atoms with E-state index in [4.69, 9.17) is 20.3 Å². The number of aliphatic carboxylic acids is 1. The number of piperidine rings is 1. The van der Waals surface area contributed by atoms with Crippen molar-refractivity contribution in [3.8, 4) is 11.5 Å². The number of rotatable bonds is 14. The number of phenolic OH excluding ortho intramolecular Hbond substituents is 1. The molecule has 4 aliphatic rings. The molecular weight excluding hydrogens is 622 g/mol. The number of unbranched alkanes of at least 4 members (excludes halogenated alkanes) is 1. The number of ether oxygens (including phenoxy) is 2. The van der Waals surface area contributed by atoms with Crippen molar-refractivity contribution in [2.45, 2.75) is 94.4 Å². The molecule has 2 aliphatic heterocycles. The van der Waals surface area contributed by atoms with E-state index in [9.17, 15) is 29.4 Å². The summed E-state index contributed by atoms with van der Waals surface area (Å²) >= 11 is 0. The number of carbonyl (C=O) groups is 4. The van der Waals surface area contributed by atoms with Crippen molar-refractivity contribution in [2.75, 3.05) is 39.8 Å². The van der Waals surface area contributed by atoms with Crippen LogP contribution >= 0.6 is 0 Å². The number of likely N-dealkylation sites (N-methyl/N-ethyl adjacent to an activating group) is 1. The molecule has 3 amide bonds. The number of aliphatic hydroxyl groups is 1. The number of nitrogens with one attached hydrogen (secondary N) is 2. The predicted octanol–water partition coefficient (Wildman–Crippen LogP) is 1.50. The molecule has 1 unspecified atom stereocenters. The number of nitrogens with two attached hydrogens (primary N) is 1. The van der Waals surface area contributed by atoms with Crippen LogP contribution in [-0.4, -0.2) is 113 Å². The third-order valence-electron chi connectivity index (χ3n) is 10.5. The third-order valence-corrected chi connectivity index (χ3v) is 10.5. The Bertz CT molecular complexity index is 1450. The smallest absolute Gasteiger partial charge is 0.414 e.